The predicted molar refractivity (Wildman–Crippen MR) is 253 cm³/mol. The highest BCUT2D eigenvalue weighted by Crippen LogP contribution is 2.47. The molecule has 2 heteroatoms. The average Bonchev–Trinajstić information content (AvgIpc) is 3.30. The lowest BCUT2D eigenvalue weighted by Gasteiger charge is -2.34. The van der Waals surface area contributed by atoms with Crippen molar-refractivity contribution < 1.29 is 0 Å². The maximum absolute atomic E-state index is 4.04. The largest absolute Gasteiger partial charge is 0.310 e. The molecule has 9 aromatic rings. The fourth-order valence-electron chi connectivity index (χ4n) is 8.75. The van der Waals surface area contributed by atoms with Gasteiger partial charge in [0.1, 0.15) is 0 Å². The van der Waals surface area contributed by atoms with E-state index in [1.165, 1.54) is 66.3 Å². The molecule has 0 aromatic heterocycles. The van der Waals surface area contributed by atoms with Gasteiger partial charge in [0.05, 0.1) is 5.69 Å². The second-order valence-corrected chi connectivity index (χ2v) is 15.1. The molecule has 0 amide bonds. The number of nitrogens with zero attached hydrogens (tertiary/aromatic N) is 2. The molecule has 0 atom stereocenters. The van der Waals surface area contributed by atoms with E-state index in [0.29, 0.717) is 0 Å². The summed E-state index contributed by atoms with van der Waals surface area (Å²) in [6.07, 6.45) is 6.52. The fraction of sp³-hybridized carbons (Fsp3) is 0.0175. The van der Waals surface area contributed by atoms with Crippen molar-refractivity contribution in [2.75, 3.05) is 9.80 Å². The van der Waals surface area contributed by atoms with E-state index in [4.69, 9.17) is 0 Å². The first-order valence-corrected chi connectivity index (χ1v) is 20.2. The van der Waals surface area contributed by atoms with Crippen LogP contribution in [0.2, 0.25) is 0 Å². The lowest BCUT2D eigenvalue weighted by Crippen LogP contribution is -2.18. The Morgan fingerprint density at radius 1 is 0.492 bits per heavy atom. The van der Waals surface area contributed by atoms with Gasteiger partial charge in [-0.25, -0.2) is 0 Å². The van der Waals surface area contributed by atoms with Crippen molar-refractivity contribution >= 4 is 61.2 Å². The molecule has 1 aliphatic heterocycles. The van der Waals surface area contributed by atoms with Crippen LogP contribution in [0.3, 0.4) is 0 Å². The number of hydrogen-bond acceptors (Lipinski definition) is 2. The van der Waals surface area contributed by atoms with Gasteiger partial charge < -0.3 is 9.80 Å². The highest BCUT2D eigenvalue weighted by atomic mass is 15.2. The molecular formula is C57H42N2. The van der Waals surface area contributed by atoms with Gasteiger partial charge in [-0.1, -0.05) is 165 Å². The maximum Gasteiger partial charge on any atom is 0.0540 e. The summed E-state index contributed by atoms with van der Waals surface area (Å²) in [4.78, 5) is 4.78. The number of para-hydroxylation sites is 1. The van der Waals surface area contributed by atoms with Crippen LogP contribution in [-0.2, 0) is 6.42 Å². The first-order valence-electron chi connectivity index (χ1n) is 20.2. The van der Waals surface area contributed by atoms with Gasteiger partial charge in [-0.3, -0.25) is 0 Å². The Labute approximate surface area is 346 Å². The number of anilines is 6. The van der Waals surface area contributed by atoms with Crippen molar-refractivity contribution in [3.63, 3.8) is 0 Å². The third kappa shape index (κ3) is 6.61. The van der Waals surface area contributed by atoms with Crippen LogP contribution >= 0.6 is 0 Å². The molecule has 0 saturated heterocycles. The number of allylic oxidation sites excluding steroid dienone is 4. The molecule has 10 rings (SSSR count). The van der Waals surface area contributed by atoms with Crippen LogP contribution in [0.25, 0.3) is 49.4 Å². The highest BCUT2D eigenvalue weighted by molar-refractivity contribution is 6.00. The normalized spacial score (nSPS) is 12.2. The van der Waals surface area contributed by atoms with Gasteiger partial charge >= 0.3 is 0 Å². The monoisotopic (exact) mass is 754 g/mol. The van der Waals surface area contributed by atoms with Crippen LogP contribution in [-0.4, -0.2) is 0 Å². The third-order valence-electron chi connectivity index (χ3n) is 11.6. The summed E-state index contributed by atoms with van der Waals surface area (Å²) in [6.45, 7) is 7.94. The number of hydrogen-bond donors (Lipinski definition) is 0. The van der Waals surface area contributed by atoms with E-state index in [2.05, 4.69) is 223 Å². The summed E-state index contributed by atoms with van der Waals surface area (Å²) in [6, 6.07) is 72.8. The van der Waals surface area contributed by atoms with Crippen molar-refractivity contribution in [3.05, 3.63) is 248 Å². The Kier molecular flexibility index (Phi) is 9.29. The Morgan fingerprint density at radius 2 is 1.07 bits per heavy atom. The molecule has 0 bridgehead atoms. The van der Waals surface area contributed by atoms with Crippen LogP contribution in [0.5, 0.6) is 0 Å². The highest BCUT2D eigenvalue weighted by Gasteiger charge is 2.26. The lowest BCUT2D eigenvalue weighted by atomic mass is 9.89. The summed E-state index contributed by atoms with van der Waals surface area (Å²) in [5.74, 6) is 0. The van der Waals surface area contributed by atoms with Crippen LogP contribution < -0.4 is 9.80 Å². The van der Waals surface area contributed by atoms with Crippen LogP contribution in [0, 0.1) is 0 Å². The molecule has 0 spiro atoms. The molecule has 1 aliphatic rings. The molecule has 1 heterocycles. The Bertz CT molecular complexity index is 3040. The summed E-state index contributed by atoms with van der Waals surface area (Å²) in [5, 5.41) is 4.95. The topological polar surface area (TPSA) is 6.48 Å². The van der Waals surface area contributed by atoms with Gasteiger partial charge in [-0.15, -0.1) is 0 Å². The van der Waals surface area contributed by atoms with E-state index in [1.54, 1.807) is 0 Å². The van der Waals surface area contributed by atoms with Crippen molar-refractivity contribution in [2.45, 2.75) is 6.42 Å². The van der Waals surface area contributed by atoms with E-state index in [1.807, 2.05) is 18.2 Å². The molecule has 0 aliphatic carbocycles. The molecule has 2 nitrogen and oxygen atoms in total. The Balaban J connectivity index is 1.06. The molecule has 0 radical (unpaired) electrons. The van der Waals surface area contributed by atoms with E-state index in [9.17, 15) is 0 Å². The molecular weight excluding hydrogens is 713 g/mol. The van der Waals surface area contributed by atoms with Crippen LogP contribution in [0.1, 0.15) is 16.7 Å². The first-order chi connectivity index (χ1) is 29.2. The average molecular weight is 755 g/mol. The number of benzene rings is 9. The van der Waals surface area contributed by atoms with Gasteiger partial charge in [0, 0.05) is 40.2 Å². The fourth-order valence-corrected chi connectivity index (χ4v) is 8.75. The minimum absolute atomic E-state index is 0.829. The van der Waals surface area contributed by atoms with E-state index in [-0.39, 0.29) is 0 Å². The van der Waals surface area contributed by atoms with Crippen molar-refractivity contribution in [1.82, 2.24) is 0 Å². The molecule has 0 N–H and O–H groups in total. The van der Waals surface area contributed by atoms with E-state index >= 15 is 0 Å². The predicted octanol–water partition coefficient (Wildman–Crippen LogP) is 15.9. The Hall–Kier alpha value is -7.68. The smallest absolute Gasteiger partial charge is 0.0540 e. The summed E-state index contributed by atoms with van der Waals surface area (Å²) in [7, 11) is 0. The van der Waals surface area contributed by atoms with Crippen molar-refractivity contribution in [2.24, 2.45) is 0 Å². The standard InChI is InChI=1S/C57H42N2/c1-3-14-40(4-2)41-25-33-51(34-26-41)59-55-35-29-45(37-47(55)39-48-38-46(30-36-56(48)59)53-23-12-17-43-15-8-10-21-52(43)53)42-27-31-50(32-28-42)58(49-19-6-5-7-20-49)57-24-13-18-44-16-9-11-22-54(44)57/h3-38H,1-2,39H2/b40-14+. The second kappa shape index (κ2) is 15.3. The maximum atomic E-state index is 4.04. The molecule has 0 fully saturated rings. The zero-order valence-corrected chi connectivity index (χ0v) is 32.8. The van der Waals surface area contributed by atoms with Gasteiger partial charge in [0.15, 0.2) is 0 Å². The molecule has 9 aromatic carbocycles. The van der Waals surface area contributed by atoms with Gasteiger partial charge in [-0.2, -0.15) is 0 Å². The first kappa shape index (κ1) is 35.7. The van der Waals surface area contributed by atoms with Crippen molar-refractivity contribution in [1.29, 1.82) is 0 Å². The zero-order chi connectivity index (χ0) is 39.7. The molecule has 280 valence electrons. The zero-order valence-electron chi connectivity index (χ0n) is 32.8. The molecule has 0 saturated carbocycles. The molecule has 59 heavy (non-hydrogen) atoms. The van der Waals surface area contributed by atoms with Crippen LogP contribution in [0.4, 0.5) is 34.1 Å². The van der Waals surface area contributed by atoms with Gasteiger partial charge in [0.2, 0.25) is 0 Å². The lowest BCUT2D eigenvalue weighted by molar-refractivity contribution is 1.09. The quantitative estimate of drug-likeness (QED) is 0.135. The summed E-state index contributed by atoms with van der Waals surface area (Å²) in [5.41, 5.74) is 16.5. The van der Waals surface area contributed by atoms with Gasteiger partial charge in [0.25, 0.3) is 0 Å². The number of fused-ring (bicyclic) bond motifs is 4. The van der Waals surface area contributed by atoms with E-state index in [0.717, 1.165) is 40.3 Å². The minimum atomic E-state index is 0.829. The summed E-state index contributed by atoms with van der Waals surface area (Å²) >= 11 is 0. The third-order valence-corrected chi connectivity index (χ3v) is 11.6. The Morgan fingerprint density at radius 3 is 1.78 bits per heavy atom. The SMILES string of the molecule is C=C/C=C(\C=C)c1ccc(N2c3ccc(-c4ccc(N(c5ccccc5)c5cccc6ccccc56)cc4)cc3Cc3cc(-c4cccc5ccccc45)ccc32)cc1. The summed E-state index contributed by atoms with van der Waals surface area (Å²) < 4.78 is 0. The second-order valence-electron chi connectivity index (χ2n) is 15.1. The van der Waals surface area contributed by atoms with Crippen LogP contribution in [0.15, 0.2) is 232 Å². The van der Waals surface area contributed by atoms with E-state index < -0.39 is 0 Å². The molecule has 0 unspecified atom stereocenters. The number of rotatable bonds is 9. The van der Waals surface area contributed by atoms with Crippen molar-refractivity contribution in [3.8, 4) is 22.3 Å². The van der Waals surface area contributed by atoms with Gasteiger partial charge in [-0.05, 0) is 127 Å². The minimum Gasteiger partial charge on any atom is -0.310 e.